The molecular formula is C17H25NO2. The van der Waals surface area contributed by atoms with Gasteiger partial charge in [-0.05, 0) is 43.0 Å². The van der Waals surface area contributed by atoms with Gasteiger partial charge in [0.1, 0.15) is 0 Å². The van der Waals surface area contributed by atoms with Gasteiger partial charge in [0, 0.05) is 2.74 Å². The van der Waals surface area contributed by atoms with Gasteiger partial charge in [0.25, 0.3) is 0 Å². The van der Waals surface area contributed by atoms with Gasteiger partial charge in [0.2, 0.25) is 0 Å². The van der Waals surface area contributed by atoms with E-state index in [4.69, 9.17) is 8.48 Å². The van der Waals surface area contributed by atoms with Crippen molar-refractivity contribution in [3.63, 3.8) is 0 Å². The van der Waals surface area contributed by atoms with Gasteiger partial charge in [0.15, 0.2) is 0 Å². The molecule has 1 aromatic rings. The van der Waals surface area contributed by atoms with E-state index in [1.165, 1.54) is 6.42 Å². The molecule has 4 N–H and O–H groups in total. The van der Waals surface area contributed by atoms with Gasteiger partial charge in [0.05, 0.1) is 11.7 Å². The first-order valence-corrected chi connectivity index (χ1v) is 7.26. The molecule has 1 aliphatic rings. The maximum atomic E-state index is 10.5. The van der Waals surface area contributed by atoms with E-state index in [-0.39, 0.29) is 6.42 Å². The highest BCUT2D eigenvalue weighted by Gasteiger charge is 2.25. The van der Waals surface area contributed by atoms with E-state index >= 15 is 0 Å². The van der Waals surface area contributed by atoms with Crippen LogP contribution in [0.5, 0.6) is 0 Å². The predicted molar refractivity (Wildman–Crippen MR) is 82.1 cm³/mol. The third-order valence-electron chi connectivity index (χ3n) is 3.91. The van der Waals surface area contributed by atoms with Crippen LogP contribution in [0.25, 0.3) is 6.08 Å². The van der Waals surface area contributed by atoms with E-state index < -0.39 is 18.2 Å². The van der Waals surface area contributed by atoms with Crippen molar-refractivity contribution in [1.82, 2.24) is 0 Å². The summed E-state index contributed by atoms with van der Waals surface area (Å²) in [6.45, 7) is -1.90. The molecule has 0 heterocycles. The fourth-order valence-electron chi connectivity index (χ4n) is 2.68. The highest BCUT2D eigenvalue weighted by atomic mass is 16.3. The summed E-state index contributed by atoms with van der Waals surface area (Å²) in [5.41, 5.74) is 6.11. The van der Waals surface area contributed by atoms with Gasteiger partial charge in [-0.25, -0.2) is 0 Å². The van der Waals surface area contributed by atoms with Gasteiger partial charge < -0.3 is 15.9 Å². The lowest BCUT2D eigenvalue weighted by Crippen LogP contribution is -2.28. The van der Waals surface area contributed by atoms with Gasteiger partial charge >= 0.3 is 0 Å². The van der Waals surface area contributed by atoms with E-state index in [0.29, 0.717) is 5.56 Å². The minimum Gasteiger partial charge on any atom is -0.388 e. The molecule has 3 nitrogen and oxygen atoms in total. The Hall–Kier alpha value is -1.16. The SMILES string of the molecule is [2H]C([2H])(N)CC(O)c1cccc(C=CC2(O)CCCCC2)c1. The van der Waals surface area contributed by atoms with Crippen LogP contribution in [-0.2, 0) is 0 Å². The molecule has 1 aliphatic carbocycles. The molecule has 1 unspecified atom stereocenters. The molecule has 20 heavy (non-hydrogen) atoms. The molecule has 1 fully saturated rings. The lowest BCUT2D eigenvalue weighted by molar-refractivity contribution is 0.0521. The van der Waals surface area contributed by atoms with E-state index in [0.717, 1.165) is 31.2 Å². The summed E-state index contributed by atoms with van der Waals surface area (Å²) in [6.07, 6.45) is 7.49. The monoisotopic (exact) mass is 277 g/mol. The van der Waals surface area contributed by atoms with Crippen LogP contribution in [-0.4, -0.2) is 22.3 Å². The number of nitrogens with two attached hydrogens (primary N) is 1. The standard InChI is InChI=1S/C17H25NO2/c18-12-8-16(19)15-6-4-5-14(13-15)7-11-17(20)9-2-1-3-10-17/h4-7,11,13,16,19-20H,1-3,8-10,12,18H2/i12D2. The second-order valence-electron chi connectivity index (χ2n) is 5.59. The van der Waals surface area contributed by atoms with Gasteiger partial charge in [-0.1, -0.05) is 49.6 Å². The van der Waals surface area contributed by atoms with E-state index in [9.17, 15) is 10.2 Å². The van der Waals surface area contributed by atoms with Crippen molar-refractivity contribution >= 4 is 6.08 Å². The minimum absolute atomic E-state index is 0.149. The van der Waals surface area contributed by atoms with Crippen LogP contribution in [0.2, 0.25) is 0 Å². The lowest BCUT2D eigenvalue weighted by atomic mass is 9.84. The average molecular weight is 277 g/mol. The first-order valence-electron chi connectivity index (χ1n) is 8.26. The van der Waals surface area contributed by atoms with Gasteiger partial charge in [-0.15, -0.1) is 0 Å². The van der Waals surface area contributed by atoms with E-state index in [1.807, 2.05) is 24.3 Å². The fraction of sp³-hybridized carbons (Fsp3) is 0.529. The fourth-order valence-corrected chi connectivity index (χ4v) is 2.68. The number of hydrogen-bond acceptors (Lipinski definition) is 3. The molecule has 1 saturated carbocycles. The van der Waals surface area contributed by atoms with Crippen LogP contribution in [0, 0.1) is 0 Å². The summed E-state index contributed by atoms with van der Waals surface area (Å²) >= 11 is 0. The summed E-state index contributed by atoms with van der Waals surface area (Å²) in [5.74, 6) is 0. The zero-order valence-corrected chi connectivity index (χ0v) is 11.8. The van der Waals surface area contributed by atoms with Crippen molar-refractivity contribution in [2.24, 2.45) is 5.73 Å². The van der Waals surface area contributed by atoms with E-state index in [1.54, 1.807) is 12.1 Å². The van der Waals surface area contributed by atoms with Crippen LogP contribution >= 0.6 is 0 Å². The smallest absolute Gasteiger partial charge is 0.0830 e. The summed E-state index contributed by atoms with van der Waals surface area (Å²) in [4.78, 5) is 0. The third kappa shape index (κ3) is 4.17. The van der Waals surface area contributed by atoms with Crippen molar-refractivity contribution < 1.29 is 13.0 Å². The Balaban J connectivity index is 2.08. The van der Waals surface area contributed by atoms with Crippen molar-refractivity contribution in [2.75, 3.05) is 6.50 Å². The van der Waals surface area contributed by atoms with Crippen molar-refractivity contribution in [2.45, 2.75) is 50.2 Å². The molecule has 110 valence electrons. The Morgan fingerprint density at radius 2 is 2.10 bits per heavy atom. The summed E-state index contributed by atoms with van der Waals surface area (Å²) in [6, 6.07) is 7.27. The predicted octanol–water partition coefficient (Wildman–Crippen LogP) is 2.78. The Morgan fingerprint density at radius 3 is 2.80 bits per heavy atom. The van der Waals surface area contributed by atoms with Gasteiger partial charge in [-0.2, -0.15) is 0 Å². The summed E-state index contributed by atoms with van der Waals surface area (Å²) < 4.78 is 14.7. The molecular weight excluding hydrogens is 250 g/mol. The molecule has 0 amide bonds. The summed E-state index contributed by atoms with van der Waals surface area (Å²) in [7, 11) is 0. The molecule has 0 saturated heterocycles. The number of hydrogen-bond donors (Lipinski definition) is 3. The van der Waals surface area contributed by atoms with Crippen LogP contribution in [0.1, 0.15) is 58.5 Å². The lowest BCUT2D eigenvalue weighted by Gasteiger charge is -2.28. The van der Waals surface area contributed by atoms with Crippen molar-refractivity contribution in [3.8, 4) is 0 Å². The number of aliphatic hydroxyl groups is 2. The molecule has 0 radical (unpaired) electrons. The minimum atomic E-state index is -1.90. The Kier molecular flexibility index (Phi) is 4.41. The van der Waals surface area contributed by atoms with Crippen LogP contribution in [0.4, 0.5) is 0 Å². The summed E-state index contributed by atoms with van der Waals surface area (Å²) in [5, 5.41) is 20.5. The van der Waals surface area contributed by atoms with Crippen LogP contribution in [0.3, 0.4) is 0 Å². The number of aliphatic hydroxyl groups excluding tert-OH is 1. The second-order valence-corrected chi connectivity index (χ2v) is 5.59. The molecule has 3 heteroatoms. The van der Waals surface area contributed by atoms with Crippen molar-refractivity contribution in [1.29, 1.82) is 0 Å². The van der Waals surface area contributed by atoms with E-state index in [2.05, 4.69) is 0 Å². The largest absolute Gasteiger partial charge is 0.388 e. The number of benzene rings is 1. The zero-order valence-electron chi connectivity index (χ0n) is 13.8. The Bertz CT molecular complexity index is 520. The molecule has 0 aliphatic heterocycles. The second kappa shape index (κ2) is 7.02. The molecule has 1 atom stereocenters. The number of rotatable bonds is 5. The molecule has 0 aromatic heterocycles. The first-order chi connectivity index (χ1) is 10.3. The van der Waals surface area contributed by atoms with Gasteiger partial charge in [-0.3, -0.25) is 0 Å². The Morgan fingerprint density at radius 1 is 1.35 bits per heavy atom. The average Bonchev–Trinajstić information content (AvgIpc) is 2.45. The topological polar surface area (TPSA) is 66.5 Å². The third-order valence-corrected chi connectivity index (χ3v) is 3.91. The van der Waals surface area contributed by atoms with Crippen LogP contribution in [0.15, 0.2) is 30.3 Å². The molecule has 1 aromatic carbocycles. The quantitative estimate of drug-likeness (QED) is 0.775. The maximum absolute atomic E-state index is 10.5. The molecule has 0 spiro atoms. The highest BCUT2D eigenvalue weighted by Crippen LogP contribution is 2.30. The van der Waals surface area contributed by atoms with Crippen LogP contribution < -0.4 is 5.73 Å². The molecule has 0 bridgehead atoms. The maximum Gasteiger partial charge on any atom is 0.0830 e. The Labute approximate surface area is 123 Å². The highest BCUT2D eigenvalue weighted by molar-refractivity contribution is 5.52. The first kappa shape index (κ1) is 12.6. The normalized spacial score (nSPS) is 22.4. The molecule has 2 rings (SSSR count). The zero-order chi connectivity index (χ0) is 16.2. The van der Waals surface area contributed by atoms with Crippen molar-refractivity contribution in [3.05, 3.63) is 41.5 Å².